The molecule has 2 rings (SSSR count). The molecule has 1 aromatic carbocycles. The zero-order chi connectivity index (χ0) is 13.3. The van der Waals surface area contributed by atoms with Crippen molar-refractivity contribution in [2.45, 2.75) is 32.6 Å². The van der Waals surface area contributed by atoms with Crippen molar-refractivity contribution in [1.82, 2.24) is 0 Å². The number of aliphatic carboxylic acids is 1. The monoisotopic (exact) mass is 248 g/mol. The first-order chi connectivity index (χ1) is 8.54. The van der Waals surface area contributed by atoms with Gasteiger partial charge < -0.3 is 9.84 Å². The summed E-state index contributed by atoms with van der Waals surface area (Å²) >= 11 is 0. The van der Waals surface area contributed by atoms with E-state index in [0.717, 1.165) is 24.2 Å². The van der Waals surface area contributed by atoms with E-state index in [-0.39, 0.29) is 11.8 Å². The van der Waals surface area contributed by atoms with Crippen molar-refractivity contribution in [2.24, 2.45) is 11.8 Å². The predicted molar refractivity (Wildman–Crippen MR) is 70.0 cm³/mol. The first-order valence-corrected chi connectivity index (χ1v) is 6.44. The minimum absolute atomic E-state index is 0.0846. The molecular weight excluding hydrogens is 228 g/mol. The van der Waals surface area contributed by atoms with Crippen molar-refractivity contribution >= 4 is 5.97 Å². The van der Waals surface area contributed by atoms with Crippen LogP contribution in [0.1, 0.15) is 37.3 Å². The Morgan fingerprint density at radius 2 is 2.17 bits per heavy atom. The number of methoxy groups -OCH3 is 1. The molecule has 0 radical (unpaired) electrons. The summed E-state index contributed by atoms with van der Waals surface area (Å²) in [5, 5.41) is 9.38. The molecule has 1 aliphatic rings. The fraction of sp³-hybridized carbons (Fsp3) is 0.533. The topological polar surface area (TPSA) is 46.5 Å². The molecule has 0 saturated carbocycles. The minimum atomic E-state index is -0.679. The molecule has 1 N–H and O–H groups in total. The van der Waals surface area contributed by atoms with Gasteiger partial charge in [-0.05, 0) is 47.9 Å². The zero-order valence-corrected chi connectivity index (χ0v) is 11.1. The predicted octanol–water partition coefficient (Wildman–Crippen LogP) is 3.08. The van der Waals surface area contributed by atoms with Gasteiger partial charge in [0.25, 0.3) is 0 Å². The van der Waals surface area contributed by atoms with Crippen molar-refractivity contribution in [3.63, 3.8) is 0 Å². The van der Waals surface area contributed by atoms with E-state index in [4.69, 9.17) is 4.74 Å². The third-order valence-electron chi connectivity index (χ3n) is 3.91. The summed E-state index contributed by atoms with van der Waals surface area (Å²) in [6.07, 6.45) is 1.58. The molecule has 3 heteroatoms. The molecule has 0 saturated heterocycles. The van der Waals surface area contributed by atoms with E-state index >= 15 is 0 Å². The second kappa shape index (κ2) is 5.01. The molecule has 2 atom stereocenters. The van der Waals surface area contributed by atoms with Gasteiger partial charge in [-0.2, -0.15) is 0 Å². The number of aryl methyl sites for hydroxylation is 1. The van der Waals surface area contributed by atoms with E-state index in [0.29, 0.717) is 5.92 Å². The Kier molecular flexibility index (Phi) is 3.60. The normalized spacial score (nSPS) is 22.7. The van der Waals surface area contributed by atoms with Gasteiger partial charge in [-0.3, -0.25) is 4.79 Å². The molecule has 3 nitrogen and oxygen atoms in total. The molecule has 1 aliphatic carbocycles. The second-order valence-corrected chi connectivity index (χ2v) is 5.32. The lowest BCUT2D eigenvalue weighted by atomic mass is 9.70. The van der Waals surface area contributed by atoms with Gasteiger partial charge in [0.15, 0.2) is 0 Å². The number of benzene rings is 1. The van der Waals surface area contributed by atoms with E-state index in [1.54, 1.807) is 7.11 Å². The molecule has 0 bridgehead atoms. The van der Waals surface area contributed by atoms with Gasteiger partial charge >= 0.3 is 5.97 Å². The molecule has 18 heavy (non-hydrogen) atoms. The summed E-state index contributed by atoms with van der Waals surface area (Å²) in [4.78, 5) is 11.4. The van der Waals surface area contributed by atoms with Crippen molar-refractivity contribution in [1.29, 1.82) is 0 Å². The molecule has 0 spiro atoms. The highest BCUT2D eigenvalue weighted by atomic mass is 16.5. The van der Waals surface area contributed by atoms with Gasteiger partial charge in [0.1, 0.15) is 5.75 Å². The van der Waals surface area contributed by atoms with Gasteiger partial charge in [-0.15, -0.1) is 0 Å². The van der Waals surface area contributed by atoms with Crippen LogP contribution in [-0.4, -0.2) is 18.2 Å². The van der Waals surface area contributed by atoms with Crippen LogP contribution in [-0.2, 0) is 11.2 Å². The third-order valence-corrected chi connectivity index (χ3v) is 3.91. The maximum atomic E-state index is 11.4. The average molecular weight is 248 g/mol. The SMILES string of the molecule is COc1ccc2c(c1)C(C(C)C)C(C(=O)O)CC2. The van der Waals surface area contributed by atoms with Crippen LogP contribution in [0.3, 0.4) is 0 Å². The lowest BCUT2D eigenvalue weighted by Gasteiger charge is -2.34. The Hall–Kier alpha value is -1.51. The maximum Gasteiger partial charge on any atom is 0.307 e. The van der Waals surface area contributed by atoms with Gasteiger partial charge in [-0.25, -0.2) is 0 Å². The van der Waals surface area contributed by atoms with Crippen LogP contribution in [0.4, 0.5) is 0 Å². The fourth-order valence-electron chi connectivity index (χ4n) is 3.05. The summed E-state index contributed by atoms with van der Waals surface area (Å²) in [6, 6.07) is 6.04. The van der Waals surface area contributed by atoms with E-state index in [1.807, 2.05) is 12.1 Å². The largest absolute Gasteiger partial charge is 0.497 e. The molecule has 1 aromatic rings. The van der Waals surface area contributed by atoms with Gasteiger partial charge in [0, 0.05) is 0 Å². The van der Waals surface area contributed by atoms with Crippen LogP contribution in [0.5, 0.6) is 5.75 Å². The lowest BCUT2D eigenvalue weighted by molar-refractivity contribution is -0.143. The number of ether oxygens (including phenoxy) is 1. The fourth-order valence-corrected chi connectivity index (χ4v) is 3.05. The quantitative estimate of drug-likeness (QED) is 0.894. The molecule has 2 unspecified atom stereocenters. The second-order valence-electron chi connectivity index (χ2n) is 5.32. The van der Waals surface area contributed by atoms with Crippen molar-refractivity contribution in [2.75, 3.05) is 7.11 Å². The number of carboxylic acids is 1. The summed E-state index contributed by atoms with van der Waals surface area (Å²) in [5.74, 6) is 0.260. The standard InChI is InChI=1S/C15H20O3/c1-9(2)14-12(15(16)17)7-5-10-4-6-11(18-3)8-13(10)14/h4,6,8-9,12,14H,5,7H2,1-3H3,(H,16,17). The Morgan fingerprint density at radius 3 is 2.72 bits per heavy atom. The first kappa shape index (κ1) is 12.9. The first-order valence-electron chi connectivity index (χ1n) is 6.44. The van der Waals surface area contributed by atoms with Crippen LogP contribution in [0.15, 0.2) is 18.2 Å². The van der Waals surface area contributed by atoms with Crippen molar-refractivity contribution in [3.05, 3.63) is 29.3 Å². The van der Waals surface area contributed by atoms with E-state index < -0.39 is 5.97 Å². The number of hydrogen-bond acceptors (Lipinski definition) is 2. The van der Waals surface area contributed by atoms with Gasteiger partial charge in [0.05, 0.1) is 13.0 Å². The Morgan fingerprint density at radius 1 is 1.44 bits per heavy atom. The van der Waals surface area contributed by atoms with Gasteiger partial charge in [-0.1, -0.05) is 19.9 Å². The average Bonchev–Trinajstić information content (AvgIpc) is 2.36. The van der Waals surface area contributed by atoms with Crippen molar-refractivity contribution in [3.8, 4) is 5.75 Å². The lowest BCUT2D eigenvalue weighted by Crippen LogP contribution is -2.30. The van der Waals surface area contributed by atoms with E-state index in [9.17, 15) is 9.90 Å². The van der Waals surface area contributed by atoms with Gasteiger partial charge in [0.2, 0.25) is 0 Å². The summed E-state index contributed by atoms with van der Waals surface area (Å²) in [5.41, 5.74) is 2.43. The smallest absolute Gasteiger partial charge is 0.307 e. The minimum Gasteiger partial charge on any atom is -0.497 e. The van der Waals surface area contributed by atoms with Crippen LogP contribution >= 0.6 is 0 Å². The molecule has 0 aromatic heterocycles. The molecular formula is C15H20O3. The Balaban J connectivity index is 2.47. The molecule has 0 fully saturated rings. The van der Waals surface area contributed by atoms with E-state index in [2.05, 4.69) is 19.9 Å². The third kappa shape index (κ3) is 2.22. The maximum absolute atomic E-state index is 11.4. The summed E-state index contributed by atoms with van der Waals surface area (Å²) < 4.78 is 5.26. The van der Waals surface area contributed by atoms with Crippen LogP contribution < -0.4 is 4.74 Å². The molecule has 0 heterocycles. The van der Waals surface area contributed by atoms with Crippen LogP contribution in [0, 0.1) is 11.8 Å². The highest BCUT2D eigenvalue weighted by Crippen LogP contribution is 2.42. The number of fused-ring (bicyclic) bond motifs is 1. The Labute approximate surface area is 108 Å². The number of carbonyl (C=O) groups is 1. The van der Waals surface area contributed by atoms with E-state index in [1.165, 1.54) is 5.56 Å². The summed E-state index contributed by atoms with van der Waals surface area (Å²) in [6.45, 7) is 4.18. The number of hydrogen-bond donors (Lipinski definition) is 1. The Bertz CT molecular complexity index is 451. The van der Waals surface area contributed by atoms with Crippen molar-refractivity contribution < 1.29 is 14.6 Å². The molecule has 98 valence electrons. The highest BCUT2D eigenvalue weighted by Gasteiger charge is 2.36. The highest BCUT2D eigenvalue weighted by molar-refractivity contribution is 5.72. The zero-order valence-electron chi connectivity index (χ0n) is 11.1. The molecule has 0 aliphatic heterocycles. The molecule has 0 amide bonds. The van der Waals surface area contributed by atoms with Crippen LogP contribution in [0.2, 0.25) is 0 Å². The summed E-state index contributed by atoms with van der Waals surface area (Å²) in [7, 11) is 1.64. The number of carboxylic acid groups (broad SMARTS) is 1. The van der Waals surface area contributed by atoms with Crippen LogP contribution in [0.25, 0.3) is 0 Å². The number of rotatable bonds is 3.